The largest absolute Gasteiger partial charge is 0.352 e. The summed E-state index contributed by atoms with van der Waals surface area (Å²) in [5, 5.41) is 9.11. The van der Waals surface area contributed by atoms with E-state index in [-0.39, 0.29) is 12.5 Å². The summed E-state index contributed by atoms with van der Waals surface area (Å²) < 4.78 is 0. The molecule has 162 valence electrons. The molecular formula is C25H31N5O. The average Bonchev–Trinajstić information content (AvgIpc) is 2.81. The summed E-state index contributed by atoms with van der Waals surface area (Å²) in [5.41, 5.74) is 3.92. The quantitative estimate of drug-likeness (QED) is 0.368. The van der Waals surface area contributed by atoms with Crippen LogP contribution in [0.25, 0.3) is 0 Å². The lowest BCUT2D eigenvalue weighted by molar-refractivity contribution is -0.115. The molecule has 0 bridgehead atoms. The van der Waals surface area contributed by atoms with E-state index in [1.165, 1.54) is 43.5 Å². The number of carbonyl (C=O) groups is 1. The number of nitrogens with one attached hydrogen (secondary N) is 3. The van der Waals surface area contributed by atoms with Gasteiger partial charge in [-0.2, -0.15) is 0 Å². The van der Waals surface area contributed by atoms with Crippen LogP contribution in [-0.2, 0) is 17.9 Å². The molecule has 1 aliphatic heterocycles. The predicted octanol–water partition coefficient (Wildman–Crippen LogP) is 2.96. The number of benzene rings is 2. The number of guanidine groups is 1. The van der Waals surface area contributed by atoms with E-state index < -0.39 is 0 Å². The van der Waals surface area contributed by atoms with Gasteiger partial charge in [-0.05, 0) is 55.3 Å². The fourth-order valence-corrected chi connectivity index (χ4v) is 3.60. The van der Waals surface area contributed by atoms with E-state index in [0.29, 0.717) is 18.2 Å². The van der Waals surface area contributed by atoms with Crippen molar-refractivity contribution in [2.75, 3.05) is 32.0 Å². The first-order valence-electron chi connectivity index (χ1n) is 10.8. The summed E-state index contributed by atoms with van der Waals surface area (Å²) in [6.07, 6.45) is 9.37. The summed E-state index contributed by atoms with van der Waals surface area (Å²) in [4.78, 5) is 18.9. The van der Waals surface area contributed by atoms with Gasteiger partial charge in [-0.15, -0.1) is 6.42 Å². The van der Waals surface area contributed by atoms with Crippen LogP contribution in [-0.4, -0.2) is 43.4 Å². The molecule has 31 heavy (non-hydrogen) atoms. The molecule has 1 amide bonds. The highest BCUT2D eigenvalue weighted by molar-refractivity contribution is 5.95. The summed E-state index contributed by atoms with van der Waals surface area (Å²) in [6.45, 7) is 4.17. The van der Waals surface area contributed by atoms with Crippen molar-refractivity contribution in [3.05, 3.63) is 65.2 Å². The van der Waals surface area contributed by atoms with Crippen LogP contribution in [0.1, 0.15) is 36.0 Å². The summed E-state index contributed by atoms with van der Waals surface area (Å²) >= 11 is 0. The van der Waals surface area contributed by atoms with E-state index in [1.807, 2.05) is 12.1 Å². The van der Waals surface area contributed by atoms with Gasteiger partial charge in [0.2, 0.25) is 5.91 Å². The van der Waals surface area contributed by atoms with E-state index in [0.717, 1.165) is 12.1 Å². The van der Waals surface area contributed by atoms with Crippen molar-refractivity contribution in [1.29, 1.82) is 0 Å². The Kier molecular flexibility index (Phi) is 8.50. The highest BCUT2D eigenvalue weighted by atomic mass is 16.1. The van der Waals surface area contributed by atoms with Crippen LogP contribution in [0.2, 0.25) is 0 Å². The van der Waals surface area contributed by atoms with Crippen LogP contribution in [0.4, 0.5) is 5.69 Å². The van der Waals surface area contributed by atoms with Gasteiger partial charge in [0.1, 0.15) is 0 Å². The molecule has 0 unspecified atom stereocenters. The monoisotopic (exact) mass is 417 g/mol. The number of piperidine rings is 1. The summed E-state index contributed by atoms with van der Waals surface area (Å²) in [5.74, 6) is 2.96. The molecule has 6 nitrogen and oxygen atoms in total. The number of likely N-dealkylation sites (tertiary alicyclic amines) is 1. The fourth-order valence-electron chi connectivity index (χ4n) is 3.60. The Morgan fingerprint density at radius 3 is 2.52 bits per heavy atom. The second-order valence-electron chi connectivity index (χ2n) is 7.71. The normalized spacial score (nSPS) is 14.5. The number of hydrogen-bond donors (Lipinski definition) is 3. The third-order valence-electron chi connectivity index (χ3n) is 5.29. The Hall–Kier alpha value is -3.30. The first kappa shape index (κ1) is 22.4. The lowest BCUT2D eigenvalue weighted by atomic mass is 10.1. The minimum Gasteiger partial charge on any atom is -0.352 e. The standard InChI is InChI=1S/C25H31N5O/c1-3-20-8-7-9-23(16-20)29-24(31)18-28-25(26-2)27-17-21-10-12-22(13-11-21)19-30-14-5-4-6-15-30/h1,7-13,16H,4-6,14-15,17-19H2,2H3,(H,29,31)(H2,26,27,28). The molecule has 0 aliphatic carbocycles. The van der Waals surface area contributed by atoms with Crippen LogP contribution < -0.4 is 16.0 Å². The highest BCUT2D eigenvalue weighted by Gasteiger charge is 2.10. The fraction of sp³-hybridized carbons (Fsp3) is 0.360. The minimum absolute atomic E-state index is 0.106. The molecule has 1 aliphatic rings. The van der Waals surface area contributed by atoms with Gasteiger partial charge >= 0.3 is 0 Å². The van der Waals surface area contributed by atoms with Gasteiger partial charge in [0.05, 0.1) is 6.54 Å². The third-order valence-corrected chi connectivity index (χ3v) is 5.29. The Labute approximate surface area is 185 Å². The van der Waals surface area contributed by atoms with Gasteiger partial charge in [-0.3, -0.25) is 14.7 Å². The molecule has 0 radical (unpaired) electrons. The number of amides is 1. The molecule has 1 fully saturated rings. The van der Waals surface area contributed by atoms with Crippen molar-refractivity contribution in [3.8, 4) is 12.3 Å². The van der Waals surface area contributed by atoms with Crippen LogP contribution in [0.15, 0.2) is 53.5 Å². The summed E-state index contributed by atoms with van der Waals surface area (Å²) in [6, 6.07) is 15.9. The Bertz CT molecular complexity index is 924. The topological polar surface area (TPSA) is 68.8 Å². The van der Waals surface area contributed by atoms with E-state index in [9.17, 15) is 4.79 Å². The van der Waals surface area contributed by atoms with Crippen molar-refractivity contribution < 1.29 is 4.79 Å². The zero-order valence-corrected chi connectivity index (χ0v) is 18.2. The SMILES string of the molecule is C#Cc1cccc(NC(=O)CNC(=NC)NCc2ccc(CN3CCCCC3)cc2)c1. The van der Waals surface area contributed by atoms with Crippen molar-refractivity contribution in [2.45, 2.75) is 32.4 Å². The maximum atomic E-state index is 12.2. The molecule has 0 spiro atoms. The molecule has 0 atom stereocenters. The van der Waals surface area contributed by atoms with Gasteiger partial charge in [-0.25, -0.2) is 0 Å². The van der Waals surface area contributed by atoms with Gasteiger partial charge in [0, 0.05) is 31.4 Å². The van der Waals surface area contributed by atoms with Gasteiger partial charge in [-0.1, -0.05) is 42.7 Å². The maximum absolute atomic E-state index is 12.2. The molecule has 3 N–H and O–H groups in total. The molecule has 0 aromatic heterocycles. The summed E-state index contributed by atoms with van der Waals surface area (Å²) in [7, 11) is 1.69. The number of nitrogens with zero attached hydrogens (tertiary/aromatic N) is 2. The lowest BCUT2D eigenvalue weighted by Gasteiger charge is -2.26. The van der Waals surface area contributed by atoms with Gasteiger partial charge in [0.15, 0.2) is 5.96 Å². The number of carbonyl (C=O) groups excluding carboxylic acids is 1. The zero-order valence-electron chi connectivity index (χ0n) is 18.2. The minimum atomic E-state index is -0.167. The van der Waals surface area contributed by atoms with E-state index in [4.69, 9.17) is 6.42 Å². The molecule has 1 heterocycles. The van der Waals surface area contributed by atoms with Crippen LogP contribution in [0, 0.1) is 12.3 Å². The van der Waals surface area contributed by atoms with E-state index in [2.05, 4.69) is 56.0 Å². The molecule has 6 heteroatoms. The van der Waals surface area contributed by atoms with Gasteiger partial charge in [0.25, 0.3) is 0 Å². The second kappa shape index (κ2) is 11.8. The van der Waals surface area contributed by atoms with E-state index in [1.54, 1.807) is 19.2 Å². The number of hydrogen-bond acceptors (Lipinski definition) is 3. The Morgan fingerprint density at radius 2 is 1.81 bits per heavy atom. The van der Waals surface area contributed by atoms with Crippen molar-refractivity contribution in [2.24, 2.45) is 4.99 Å². The molecule has 3 rings (SSSR count). The first-order valence-corrected chi connectivity index (χ1v) is 10.8. The predicted molar refractivity (Wildman–Crippen MR) is 127 cm³/mol. The van der Waals surface area contributed by atoms with Crippen LogP contribution >= 0.6 is 0 Å². The van der Waals surface area contributed by atoms with E-state index >= 15 is 0 Å². The molecular weight excluding hydrogens is 386 g/mol. The number of terminal acetylenes is 1. The lowest BCUT2D eigenvalue weighted by Crippen LogP contribution is -2.41. The first-order chi connectivity index (χ1) is 15.2. The molecule has 1 saturated heterocycles. The van der Waals surface area contributed by atoms with Crippen molar-refractivity contribution >= 4 is 17.6 Å². The highest BCUT2D eigenvalue weighted by Crippen LogP contribution is 2.13. The second-order valence-corrected chi connectivity index (χ2v) is 7.71. The number of rotatable bonds is 7. The van der Waals surface area contributed by atoms with Crippen molar-refractivity contribution in [1.82, 2.24) is 15.5 Å². The third kappa shape index (κ3) is 7.47. The van der Waals surface area contributed by atoms with Gasteiger partial charge < -0.3 is 16.0 Å². The molecule has 0 saturated carbocycles. The molecule has 2 aromatic carbocycles. The van der Waals surface area contributed by atoms with Crippen molar-refractivity contribution in [3.63, 3.8) is 0 Å². The Morgan fingerprint density at radius 1 is 1.06 bits per heavy atom. The zero-order chi connectivity index (χ0) is 21.9. The maximum Gasteiger partial charge on any atom is 0.243 e. The number of aliphatic imine (C=N–C) groups is 1. The molecule has 2 aromatic rings. The van der Waals surface area contributed by atoms with Crippen LogP contribution in [0.5, 0.6) is 0 Å². The Balaban J connectivity index is 1.41. The van der Waals surface area contributed by atoms with Crippen LogP contribution in [0.3, 0.4) is 0 Å². The smallest absolute Gasteiger partial charge is 0.243 e. The number of anilines is 1. The average molecular weight is 418 g/mol.